The van der Waals surface area contributed by atoms with E-state index in [1.165, 1.54) is 17.0 Å². The van der Waals surface area contributed by atoms with E-state index in [0.29, 0.717) is 34.3 Å². The SMILES string of the molecule is CC1C(=O)N(c2ccc3c(cnn3-c3ccc(F)cc3)c2)C(c2ccccc2Cl)[C@H]1NC(=O)C(C)(F)F. The van der Waals surface area contributed by atoms with Crippen LogP contribution in [0.5, 0.6) is 0 Å². The molecule has 4 aromatic rings. The van der Waals surface area contributed by atoms with Gasteiger partial charge in [-0.2, -0.15) is 13.9 Å². The molecular formula is C27H22ClF3N4O2. The van der Waals surface area contributed by atoms with Gasteiger partial charge in [-0.25, -0.2) is 9.07 Å². The van der Waals surface area contributed by atoms with E-state index in [1.807, 2.05) is 0 Å². The summed E-state index contributed by atoms with van der Waals surface area (Å²) in [5, 5.41) is 7.83. The molecule has 0 radical (unpaired) electrons. The maximum atomic E-state index is 13.8. The number of nitrogens with one attached hydrogen (secondary N) is 1. The lowest BCUT2D eigenvalue weighted by Gasteiger charge is -2.30. The zero-order valence-electron chi connectivity index (χ0n) is 19.8. The van der Waals surface area contributed by atoms with Crippen molar-refractivity contribution in [3.8, 4) is 5.69 Å². The Balaban J connectivity index is 1.59. The monoisotopic (exact) mass is 526 g/mol. The molecule has 1 aromatic heterocycles. The van der Waals surface area contributed by atoms with Gasteiger partial charge in [0.05, 0.1) is 35.4 Å². The first-order valence-electron chi connectivity index (χ1n) is 11.6. The molecule has 1 aliphatic heterocycles. The van der Waals surface area contributed by atoms with Crippen LogP contribution in [-0.2, 0) is 9.59 Å². The van der Waals surface area contributed by atoms with Crippen LogP contribution in [0.25, 0.3) is 16.6 Å². The Labute approximate surface area is 215 Å². The van der Waals surface area contributed by atoms with E-state index < -0.39 is 29.8 Å². The summed E-state index contributed by atoms with van der Waals surface area (Å²) in [5.74, 6) is -6.59. The summed E-state index contributed by atoms with van der Waals surface area (Å²) in [4.78, 5) is 27.3. The van der Waals surface area contributed by atoms with Crippen molar-refractivity contribution in [2.45, 2.75) is 31.9 Å². The van der Waals surface area contributed by atoms with Gasteiger partial charge in [-0.3, -0.25) is 9.59 Å². The first kappa shape index (κ1) is 24.8. The number of carbonyl (C=O) groups excluding carboxylic acids is 2. The molecule has 6 nitrogen and oxygen atoms in total. The largest absolute Gasteiger partial charge is 0.345 e. The average Bonchev–Trinajstić information content (AvgIpc) is 3.38. The van der Waals surface area contributed by atoms with E-state index >= 15 is 0 Å². The standard InChI is InChI=1S/C27H22ClF3N4O2/c1-15-23(33-26(37)27(2,30)31)24(20-5-3-4-6-21(20)28)34(25(15)36)19-11-12-22-16(13-19)14-32-35(22)18-9-7-17(29)8-10-18/h3-15,23-24H,1-2H3,(H,33,37)/t15?,23-,24?/m0/s1. The summed E-state index contributed by atoms with van der Waals surface area (Å²) in [6.45, 7) is 2.11. The fraction of sp³-hybridized carbons (Fsp3) is 0.222. The highest BCUT2D eigenvalue weighted by Crippen LogP contribution is 2.43. The molecule has 37 heavy (non-hydrogen) atoms. The Morgan fingerprint density at radius 2 is 1.73 bits per heavy atom. The van der Waals surface area contributed by atoms with Gasteiger partial charge in [-0.05, 0) is 54.1 Å². The first-order chi connectivity index (χ1) is 17.6. The number of nitrogens with zero attached hydrogens (tertiary/aromatic N) is 3. The number of aromatic nitrogens is 2. The van der Waals surface area contributed by atoms with E-state index in [4.69, 9.17) is 11.6 Å². The molecule has 0 bridgehead atoms. The molecule has 1 fully saturated rings. The number of alkyl halides is 2. The molecule has 1 N–H and O–H groups in total. The van der Waals surface area contributed by atoms with Gasteiger partial charge < -0.3 is 10.2 Å². The van der Waals surface area contributed by atoms with Crippen LogP contribution in [0.3, 0.4) is 0 Å². The van der Waals surface area contributed by atoms with E-state index in [2.05, 4.69) is 10.4 Å². The zero-order chi connectivity index (χ0) is 26.5. The number of rotatable bonds is 5. The van der Waals surface area contributed by atoms with Crippen LogP contribution in [0.2, 0.25) is 5.02 Å². The minimum atomic E-state index is -3.62. The third-order valence-electron chi connectivity index (χ3n) is 6.61. The minimum Gasteiger partial charge on any atom is -0.345 e. The molecule has 1 saturated heterocycles. The number of hydrogen-bond donors (Lipinski definition) is 1. The van der Waals surface area contributed by atoms with Crippen molar-refractivity contribution < 1.29 is 22.8 Å². The van der Waals surface area contributed by atoms with Crippen LogP contribution in [-0.4, -0.2) is 33.6 Å². The van der Waals surface area contributed by atoms with Gasteiger partial charge in [0.15, 0.2) is 0 Å². The molecule has 0 saturated carbocycles. The van der Waals surface area contributed by atoms with Crippen LogP contribution in [0, 0.1) is 11.7 Å². The summed E-state index contributed by atoms with van der Waals surface area (Å²) in [5.41, 5.74) is 2.40. The molecule has 2 amide bonds. The summed E-state index contributed by atoms with van der Waals surface area (Å²) in [6, 6.07) is 16.2. The summed E-state index contributed by atoms with van der Waals surface area (Å²) < 4.78 is 42.6. The van der Waals surface area contributed by atoms with Crippen molar-refractivity contribution in [3.63, 3.8) is 0 Å². The molecule has 0 spiro atoms. The molecule has 3 aromatic carbocycles. The summed E-state index contributed by atoms with van der Waals surface area (Å²) >= 11 is 6.48. The van der Waals surface area contributed by atoms with Crippen molar-refractivity contribution in [2.75, 3.05) is 4.90 Å². The third-order valence-corrected chi connectivity index (χ3v) is 6.95. The second-order valence-electron chi connectivity index (χ2n) is 9.13. The van der Waals surface area contributed by atoms with Crippen LogP contribution in [0.4, 0.5) is 18.9 Å². The molecule has 10 heteroatoms. The van der Waals surface area contributed by atoms with Gasteiger partial charge in [-0.15, -0.1) is 0 Å². The third kappa shape index (κ3) is 4.44. The average molecular weight is 527 g/mol. The van der Waals surface area contributed by atoms with Gasteiger partial charge in [0.2, 0.25) is 5.91 Å². The Morgan fingerprint density at radius 1 is 1.05 bits per heavy atom. The lowest BCUT2D eigenvalue weighted by molar-refractivity contribution is -0.144. The van der Waals surface area contributed by atoms with Crippen LogP contribution in [0.1, 0.15) is 25.5 Å². The molecule has 2 heterocycles. The molecule has 0 aliphatic carbocycles. The number of anilines is 1. The predicted molar refractivity (Wildman–Crippen MR) is 134 cm³/mol. The van der Waals surface area contributed by atoms with Crippen molar-refractivity contribution in [3.05, 3.63) is 89.3 Å². The van der Waals surface area contributed by atoms with Crippen LogP contribution < -0.4 is 10.2 Å². The number of fused-ring (bicyclic) bond motifs is 1. The van der Waals surface area contributed by atoms with Gasteiger partial charge in [0.25, 0.3) is 5.91 Å². The van der Waals surface area contributed by atoms with Gasteiger partial charge in [0.1, 0.15) is 5.82 Å². The molecule has 3 atom stereocenters. The van der Waals surface area contributed by atoms with Crippen molar-refractivity contribution >= 4 is 40.0 Å². The van der Waals surface area contributed by atoms with Crippen LogP contribution >= 0.6 is 11.6 Å². The van der Waals surface area contributed by atoms with Crippen molar-refractivity contribution in [1.29, 1.82) is 0 Å². The Morgan fingerprint density at radius 3 is 2.41 bits per heavy atom. The van der Waals surface area contributed by atoms with Gasteiger partial charge in [0, 0.05) is 23.0 Å². The lowest BCUT2D eigenvalue weighted by atomic mass is 9.94. The summed E-state index contributed by atoms with van der Waals surface area (Å²) in [7, 11) is 0. The number of benzene rings is 3. The first-order valence-corrected chi connectivity index (χ1v) is 11.9. The molecule has 5 rings (SSSR count). The van der Waals surface area contributed by atoms with E-state index in [9.17, 15) is 22.8 Å². The second-order valence-corrected chi connectivity index (χ2v) is 9.53. The predicted octanol–water partition coefficient (Wildman–Crippen LogP) is 5.68. The quantitative estimate of drug-likeness (QED) is 0.364. The Kier molecular flexibility index (Phi) is 6.19. The highest BCUT2D eigenvalue weighted by atomic mass is 35.5. The molecular weight excluding hydrogens is 505 g/mol. The summed E-state index contributed by atoms with van der Waals surface area (Å²) in [6.07, 6.45) is 1.62. The number of amides is 2. The molecule has 1 aliphatic rings. The molecule has 2 unspecified atom stereocenters. The highest BCUT2D eigenvalue weighted by molar-refractivity contribution is 6.31. The lowest BCUT2D eigenvalue weighted by Crippen LogP contribution is -2.48. The minimum absolute atomic E-state index is 0.340. The second kappa shape index (κ2) is 9.23. The van der Waals surface area contributed by atoms with E-state index in [0.717, 1.165) is 5.52 Å². The van der Waals surface area contributed by atoms with E-state index in [-0.39, 0.29) is 11.7 Å². The number of carbonyl (C=O) groups is 2. The maximum absolute atomic E-state index is 13.8. The number of halogens is 4. The fourth-order valence-electron chi connectivity index (χ4n) is 4.72. The topological polar surface area (TPSA) is 67.2 Å². The smallest absolute Gasteiger partial charge is 0.321 e. The Hall–Kier alpha value is -3.85. The molecule has 190 valence electrons. The normalized spacial score (nSPS) is 20.0. The maximum Gasteiger partial charge on any atom is 0.321 e. The van der Waals surface area contributed by atoms with Crippen molar-refractivity contribution in [2.24, 2.45) is 5.92 Å². The number of hydrogen-bond acceptors (Lipinski definition) is 3. The van der Waals surface area contributed by atoms with Crippen molar-refractivity contribution in [1.82, 2.24) is 15.1 Å². The van der Waals surface area contributed by atoms with Crippen LogP contribution in [0.15, 0.2) is 72.9 Å². The van der Waals surface area contributed by atoms with E-state index in [1.54, 1.807) is 72.4 Å². The zero-order valence-corrected chi connectivity index (χ0v) is 20.6. The Bertz CT molecular complexity index is 1500. The van der Waals surface area contributed by atoms with Gasteiger partial charge >= 0.3 is 5.92 Å². The highest BCUT2D eigenvalue weighted by Gasteiger charge is 2.50. The van der Waals surface area contributed by atoms with Gasteiger partial charge in [-0.1, -0.05) is 36.7 Å². The fourth-order valence-corrected chi connectivity index (χ4v) is 4.97.